The largest absolute Gasteiger partial charge is 0.395 e. The van der Waals surface area contributed by atoms with Crippen LogP contribution < -0.4 is 5.73 Å². The van der Waals surface area contributed by atoms with Gasteiger partial charge in [-0.1, -0.05) is 29.8 Å². The Morgan fingerprint density at radius 3 is 2.52 bits per heavy atom. The second-order valence-electron chi connectivity index (χ2n) is 5.76. The van der Waals surface area contributed by atoms with Gasteiger partial charge in [0, 0.05) is 12.6 Å². The maximum absolute atomic E-state index is 12.7. The third-order valence-corrected chi connectivity index (χ3v) is 3.92. The number of anilines is 1. The van der Waals surface area contributed by atoms with E-state index in [9.17, 15) is 4.79 Å². The SMILES string of the molecule is Cc1ccc(CN(C(=O)c2n[nH]c(C)c2N)C2CC2)cc1. The highest BCUT2D eigenvalue weighted by atomic mass is 16.2. The van der Waals surface area contributed by atoms with Crippen LogP contribution in [0.1, 0.15) is 40.2 Å². The number of nitrogens with one attached hydrogen (secondary N) is 1. The molecule has 21 heavy (non-hydrogen) atoms. The summed E-state index contributed by atoms with van der Waals surface area (Å²) in [5.41, 5.74) is 9.82. The van der Waals surface area contributed by atoms with Crippen molar-refractivity contribution in [3.8, 4) is 0 Å². The number of benzene rings is 1. The summed E-state index contributed by atoms with van der Waals surface area (Å²) in [5, 5.41) is 6.84. The molecule has 0 atom stereocenters. The molecule has 0 saturated heterocycles. The first-order valence-corrected chi connectivity index (χ1v) is 7.23. The molecule has 5 nitrogen and oxygen atoms in total. The van der Waals surface area contributed by atoms with Crippen molar-refractivity contribution in [1.82, 2.24) is 15.1 Å². The molecule has 5 heteroatoms. The molecule has 1 heterocycles. The van der Waals surface area contributed by atoms with Crippen molar-refractivity contribution < 1.29 is 4.79 Å². The van der Waals surface area contributed by atoms with Crippen LogP contribution in [0.4, 0.5) is 5.69 Å². The molecule has 1 aromatic heterocycles. The number of carbonyl (C=O) groups is 1. The van der Waals surface area contributed by atoms with E-state index in [1.54, 1.807) is 0 Å². The first-order valence-electron chi connectivity index (χ1n) is 7.23. The highest BCUT2D eigenvalue weighted by molar-refractivity contribution is 5.97. The Morgan fingerprint density at radius 2 is 2.00 bits per heavy atom. The number of aromatic amines is 1. The quantitative estimate of drug-likeness (QED) is 0.905. The van der Waals surface area contributed by atoms with E-state index in [0.29, 0.717) is 24.0 Å². The minimum absolute atomic E-state index is 0.0834. The van der Waals surface area contributed by atoms with Crippen LogP contribution in [0, 0.1) is 13.8 Å². The van der Waals surface area contributed by atoms with Crippen molar-refractivity contribution in [3.05, 3.63) is 46.8 Å². The zero-order chi connectivity index (χ0) is 15.0. The Hall–Kier alpha value is -2.30. The van der Waals surface area contributed by atoms with E-state index in [2.05, 4.69) is 41.4 Å². The van der Waals surface area contributed by atoms with Gasteiger partial charge in [-0.05, 0) is 32.3 Å². The van der Waals surface area contributed by atoms with Crippen LogP contribution in [-0.4, -0.2) is 27.0 Å². The van der Waals surface area contributed by atoms with Crippen LogP contribution in [0.15, 0.2) is 24.3 Å². The minimum Gasteiger partial charge on any atom is -0.395 e. The summed E-state index contributed by atoms with van der Waals surface area (Å²) in [7, 11) is 0. The third kappa shape index (κ3) is 2.77. The Labute approximate surface area is 124 Å². The fourth-order valence-corrected chi connectivity index (χ4v) is 2.38. The van der Waals surface area contributed by atoms with E-state index in [1.807, 2.05) is 11.8 Å². The maximum atomic E-state index is 12.7. The van der Waals surface area contributed by atoms with Crippen molar-refractivity contribution >= 4 is 11.6 Å². The number of amides is 1. The van der Waals surface area contributed by atoms with Crippen molar-refractivity contribution in [3.63, 3.8) is 0 Å². The second-order valence-corrected chi connectivity index (χ2v) is 5.76. The first-order chi connectivity index (χ1) is 10.1. The topological polar surface area (TPSA) is 75.0 Å². The molecule has 0 bridgehead atoms. The zero-order valence-electron chi connectivity index (χ0n) is 12.4. The Morgan fingerprint density at radius 1 is 1.33 bits per heavy atom. The lowest BCUT2D eigenvalue weighted by Gasteiger charge is -2.22. The van der Waals surface area contributed by atoms with E-state index < -0.39 is 0 Å². The number of carbonyl (C=O) groups excluding carboxylic acids is 1. The van der Waals surface area contributed by atoms with E-state index in [1.165, 1.54) is 5.56 Å². The van der Waals surface area contributed by atoms with Crippen LogP contribution in [0.25, 0.3) is 0 Å². The molecule has 0 unspecified atom stereocenters. The van der Waals surface area contributed by atoms with Crippen LogP contribution >= 0.6 is 0 Å². The molecular formula is C16H20N4O. The van der Waals surface area contributed by atoms with E-state index in [4.69, 9.17) is 5.73 Å². The monoisotopic (exact) mass is 284 g/mol. The van der Waals surface area contributed by atoms with Gasteiger partial charge in [-0.25, -0.2) is 0 Å². The summed E-state index contributed by atoms with van der Waals surface area (Å²) in [6, 6.07) is 8.58. The van der Waals surface area contributed by atoms with Crippen molar-refractivity contribution in [2.24, 2.45) is 0 Å². The zero-order valence-corrected chi connectivity index (χ0v) is 12.4. The van der Waals surface area contributed by atoms with Gasteiger partial charge in [-0.15, -0.1) is 0 Å². The number of hydrogen-bond acceptors (Lipinski definition) is 3. The average molecular weight is 284 g/mol. The molecule has 1 aliphatic carbocycles. The Bertz CT molecular complexity index is 655. The summed E-state index contributed by atoms with van der Waals surface area (Å²) in [4.78, 5) is 14.6. The standard InChI is InChI=1S/C16H20N4O/c1-10-3-5-12(6-4-10)9-20(13-7-8-13)16(21)15-14(17)11(2)18-19-15/h3-6,13H,7-9,17H2,1-2H3,(H,18,19). The number of rotatable bonds is 4. The van der Waals surface area contributed by atoms with E-state index >= 15 is 0 Å². The molecule has 0 aliphatic heterocycles. The van der Waals surface area contributed by atoms with Crippen LogP contribution in [0.5, 0.6) is 0 Å². The maximum Gasteiger partial charge on any atom is 0.277 e. The number of nitrogen functional groups attached to an aromatic ring is 1. The smallest absolute Gasteiger partial charge is 0.277 e. The lowest BCUT2D eigenvalue weighted by Crippen LogP contribution is -2.33. The van der Waals surface area contributed by atoms with Gasteiger partial charge in [0.15, 0.2) is 5.69 Å². The van der Waals surface area contributed by atoms with E-state index in [-0.39, 0.29) is 5.91 Å². The van der Waals surface area contributed by atoms with Gasteiger partial charge in [0.1, 0.15) is 0 Å². The molecule has 1 amide bonds. The van der Waals surface area contributed by atoms with Crippen LogP contribution in [0.3, 0.4) is 0 Å². The fourth-order valence-electron chi connectivity index (χ4n) is 2.38. The molecular weight excluding hydrogens is 264 g/mol. The molecule has 1 aromatic carbocycles. The van der Waals surface area contributed by atoms with Gasteiger partial charge < -0.3 is 10.6 Å². The molecule has 110 valence electrons. The first kappa shape index (κ1) is 13.7. The normalized spacial score (nSPS) is 14.2. The number of nitrogens with zero attached hydrogens (tertiary/aromatic N) is 2. The second kappa shape index (κ2) is 5.24. The summed E-state index contributed by atoms with van der Waals surface area (Å²) in [5.74, 6) is -0.0834. The summed E-state index contributed by atoms with van der Waals surface area (Å²) in [6.07, 6.45) is 2.11. The van der Waals surface area contributed by atoms with E-state index in [0.717, 1.165) is 24.1 Å². The summed E-state index contributed by atoms with van der Waals surface area (Å²) in [6.45, 7) is 4.48. The molecule has 0 radical (unpaired) electrons. The lowest BCUT2D eigenvalue weighted by atomic mass is 10.1. The van der Waals surface area contributed by atoms with Gasteiger partial charge >= 0.3 is 0 Å². The molecule has 3 N–H and O–H groups in total. The van der Waals surface area contributed by atoms with Crippen molar-refractivity contribution in [2.75, 3.05) is 5.73 Å². The average Bonchev–Trinajstić information content (AvgIpc) is 3.25. The molecule has 1 aliphatic rings. The van der Waals surface area contributed by atoms with Gasteiger partial charge in [-0.3, -0.25) is 9.89 Å². The predicted molar refractivity (Wildman–Crippen MR) is 81.8 cm³/mol. The number of aromatic nitrogens is 2. The summed E-state index contributed by atoms with van der Waals surface area (Å²) >= 11 is 0. The highest BCUT2D eigenvalue weighted by Crippen LogP contribution is 2.30. The van der Waals surface area contributed by atoms with Gasteiger partial charge in [-0.2, -0.15) is 5.10 Å². The lowest BCUT2D eigenvalue weighted by molar-refractivity contribution is 0.0725. The van der Waals surface area contributed by atoms with Crippen molar-refractivity contribution in [2.45, 2.75) is 39.3 Å². The number of aryl methyl sites for hydroxylation is 2. The summed E-state index contributed by atoms with van der Waals surface area (Å²) < 4.78 is 0. The van der Waals surface area contributed by atoms with Gasteiger partial charge in [0.2, 0.25) is 0 Å². The molecule has 0 spiro atoms. The fraction of sp³-hybridized carbons (Fsp3) is 0.375. The Balaban J connectivity index is 1.83. The number of H-pyrrole nitrogens is 1. The predicted octanol–water partition coefficient (Wildman–Crippen LogP) is 2.41. The van der Waals surface area contributed by atoms with Crippen LogP contribution in [-0.2, 0) is 6.54 Å². The number of nitrogens with two attached hydrogens (primary N) is 1. The minimum atomic E-state index is -0.0834. The van der Waals surface area contributed by atoms with Gasteiger partial charge in [0.05, 0.1) is 11.4 Å². The number of hydrogen-bond donors (Lipinski definition) is 2. The molecule has 3 rings (SSSR count). The van der Waals surface area contributed by atoms with Gasteiger partial charge in [0.25, 0.3) is 5.91 Å². The van der Waals surface area contributed by atoms with Crippen LogP contribution in [0.2, 0.25) is 0 Å². The molecule has 2 aromatic rings. The molecule has 1 fully saturated rings. The Kier molecular flexibility index (Phi) is 3.41. The third-order valence-electron chi connectivity index (χ3n) is 3.92. The highest BCUT2D eigenvalue weighted by Gasteiger charge is 2.34. The van der Waals surface area contributed by atoms with Crippen molar-refractivity contribution in [1.29, 1.82) is 0 Å². The molecule has 1 saturated carbocycles.